The van der Waals surface area contributed by atoms with Gasteiger partial charge in [0.1, 0.15) is 0 Å². The molecule has 0 aromatic carbocycles. The molecule has 0 saturated carbocycles. The number of aryl methyl sites for hydroxylation is 1. The fourth-order valence-corrected chi connectivity index (χ4v) is 0.934. The summed E-state index contributed by atoms with van der Waals surface area (Å²) in [4.78, 5) is 11.1. The lowest BCUT2D eigenvalue weighted by Crippen LogP contribution is -1.77. The van der Waals surface area contributed by atoms with Gasteiger partial charge in [-0.2, -0.15) is 0 Å². The van der Waals surface area contributed by atoms with Crippen molar-refractivity contribution in [2.45, 2.75) is 6.92 Å². The van der Waals surface area contributed by atoms with Gasteiger partial charge in [-0.05, 0) is 18.6 Å². The molecule has 0 amide bonds. The van der Waals surface area contributed by atoms with E-state index in [9.17, 15) is 0 Å². The molecule has 0 bridgehead atoms. The number of H-pyrrole nitrogens is 1. The van der Waals surface area contributed by atoms with Gasteiger partial charge in [0.25, 0.3) is 0 Å². The zero-order chi connectivity index (χ0) is 6.97. The van der Waals surface area contributed by atoms with E-state index in [2.05, 4.69) is 15.0 Å². The minimum Gasteiger partial charge on any atom is -0.343 e. The molecule has 0 unspecified atom stereocenters. The van der Waals surface area contributed by atoms with Crippen molar-refractivity contribution in [3.8, 4) is 0 Å². The number of hydrogen-bond acceptors (Lipinski definition) is 2. The quantitative estimate of drug-likeness (QED) is 0.588. The van der Waals surface area contributed by atoms with E-state index in [1.807, 2.05) is 19.2 Å². The number of hydrogen-bond donors (Lipinski definition) is 1. The Kier molecular flexibility index (Phi) is 0.974. The first kappa shape index (κ1) is 5.41. The summed E-state index contributed by atoms with van der Waals surface area (Å²) in [6, 6.07) is 2.02. The van der Waals surface area contributed by atoms with E-state index in [1.165, 1.54) is 0 Å². The maximum atomic E-state index is 4.10. The molecular weight excluding hydrogens is 126 g/mol. The van der Waals surface area contributed by atoms with Crippen LogP contribution in [0.25, 0.3) is 11.2 Å². The molecule has 0 fully saturated rings. The number of rotatable bonds is 0. The second kappa shape index (κ2) is 1.80. The molecule has 0 spiro atoms. The second-order valence-corrected chi connectivity index (χ2v) is 2.29. The minimum absolute atomic E-state index is 0.783. The smallest absolute Gasteiger partial charge is 0.177 e. The highest BCUT2D eigenvalue weighted by atomic mass is 14.9. The van der Waals surface area contributed by atoms with Crippen LogP contribution in [0.4, 0.5) is 0 Å². The van der Waals surface area contributed by atoms with Gasteiger partial charge in [-0.25, -0.2) is 9.97 Å². The lowest BCUT2D eigenvalue weighted by Gasteiger charge is -1.88. The molecule has 2 aromatic heterocycles. The highest BCUT2D eigenvalue weighted by Gasteiger charge is 1.94. The fourth-order valence-electron chi connectivity index (χ4n) is 0.934. The van der Waals surface area contributed by atoms with Crippen LogP contribution in [0.5, 0.6) is 0 Å². The summed E-state index contributed by atoms with van der Waals surface area (Å²) >= 11 is 0. The Bertz CT molecular complexity index is 350. The Morgan fingerprint density at radius 3 is 3.20 bits per heavy atom. The van der Waals surface area contributed by atoms with Gasteiger partial charge in [0.2, 0.25) is 0 Å². The van der Waals surface area contributed by atoms with Gasteiger partial charge in [-0.1, -0.05) is 0 Å². The summed E-state index contributed by atoms with van der Waals surface area (Å²) in [5.41, 5.74) is 2.93. The molecular formula is C7H7N3. The van der Waals surface area contributed by atoms with Gasteiger partial charge in [0, 0.05) is 6.20 Å². The van der Waals surface area contributed by atoms with E-state index < -0.39 is 0 Å². The first-order valence-corrected chi connectivity index (χ1v) is 3.12. The van der Waals surface area contributed by atoms with Crippen LogP contribution in [0, 0.1) is 6.92 Å². The maximum absolute atomic E-state index is 4.10. The molecule has 0 aliphatic carbocycles. The summed E-state index contributed by atoms with van der Waals surface area (Å²) in [6.07, 6.45) is 3.46. The van der Waals surface area contributed by atoms with Gasteiger partial charge in [-0.15, -0.1) is 0 Å². The van der Waals surface area contributed by atoms with Crippen molar-refractivity contribution in [3.63, 3.8) is 0 Å². The lowest BCUT2D eigenvalue weighted by molar-refractivity contribution is 1.28. The van der Waals surface area contributed by atoms with Crippen LogP contribution in [-0.2, 0) is 0 Å². The number of pyridine rings is 1. The molecule has 3 heteroatoms. The molecule has 0 saturated heterocycles. The van der Waals surface area contributed by atoms with Crippen molar-refractivity contribution < 1.29 is 0 Å². The van der Waals surface area contributed by atoms with Crippen LogP contribution in [0.1, 0.15) is 5.56 Å². The molecule has 0 aliphatic rings. The molecule has 2 aromatic rings. The number of imidazole rings is 1. The molecule has 2 heterocycles. The third-order valence-electron chi connectivity index (χ3n) is 1.41. The van der Waals surface area contributed by atoms with Crippen molar-refractivity contribution >= 4 is 11.2 Å². The van der Waals surface area contributed by atoms with Gasteiger partial charge in [0.15, 0.2) is 5.65 Å². The third-order valence-corrected chi connectivity index (χ3v) is 1.41. The molecule has 50 valence electrons. The van der Waals surface area contributed by atoms with E-state index in [0.717, 1.165) is 16.7 Å². The molecule has 0 aliphatic heterocycles. The van der Waals surface area contributed by atoms with Crippen LogP contribution < -0.4 is 0 Å². The van der Waals surface area contributed by atoms with Gasteiger partial charge >= 0.3 is 0 Å². The molecule has 10 heavy (non-hydrogen) atoms. The summed E-state index contributed by atoms with van der Waals surface area (Å²) in [6.45, 7) is 2.01. The molecule has 0 radical (unpaired) electrons. The predicted octanol–water partition coefficient (Wildman–Crippen LogP) is 1.27. The number of aromatic nitrogens is 3. The maximum Gasteiger partial charge on any atom is 0.177 e. The van der Waals surface area contributed by atoms with Crippen LogP contribution >= 0.6 is 0 Å². The monoisotopic (exact) mass is 133 g/mol. The lowest BCUT2D eigenvalue weighted by atomic mass is 10.3. The van der Waals surface area contributed by atoms with E-state index in [0.29, 0.717) is 0 Å². The fraction of sp³-hybridized carbons (Fsp3) is 0.143. The van der Waals surface area contributed by atoms with Crippen LogP contribution in [-0.4, -0.2) is 15.0 Å². The van der Waals surface area contributed by atoms with Crippen molar-refractivity contribution in [2.75, 3.05) is 0 Å². The molecule has 2 rings (SSSR count). The van der Waals surface area contributed by atoms with E-state index in [4.69, 9.17) is 0 Å². The normalized spacial score (nSPS) is 10.5. The number of fused-ring (bicyclic) bond motifs is 1. The van der Waals surface area contributed by atoms with Crippen LogP contribution in [0.2, 0.25) is 0 Å². The molecule has 3 nitrogen and oxygen atoms in total. The van der Waals surface area contributed by atoms with Crippen molar-refractivity contribution in [1.82, 2.24) is 15.0 Å². The highest BCUT2D eigenvalue weighted by molar-refractivity contribution is 5.69. The van der Waals surface area contributed by atoms with Gasteiger partial charge in [0.05, 0.1) is 11.8 Å². The average Bonchev–Trinajstić information content (AvgIpc) is 2.33. The Hall–Kier alpha value is -1.38. The zero-order valence-corrected chi connectivity index (χ0v) is 5.63. The van der Waals surface area contributed by atoms with Gasteiger partial charge < -0.3 is 4.98 Å². The summed E-state index contributed by atoms with van der Waals surface area (Å²) in [5, 5.41) is 0. The van der Waals surface area contributed by atoms with Crippen LogP contribution in [0.15, 0.2) is 18.6 Å². The third kappa shape index (κ3) is 0.673. The van der Waals surface area contributed by atoms with Crippen molar-refractivity contribution in [2.24, 2.45) is 0 Å². The van der Waals surface area contributed by atoms with Crippen LogP contribution in [0.3, 0.4) is 0 Å². The predicted molar refractivity (Wildman–Crippen MR) is 38.6 cm³/mol. The summed E-state index contributed by atoms with van der Waals surface area (Å²) in [5.74, 6) is 0. The molecule has 1 N–H and O–H groups in total. The minimum atomic E-state index is 0.783. The Labute approximate surface area is 58.1 Å². The SMILES string of the molecule is Cc1cnc2nc[nH]c2c1. The average molecular weight is 133 g/mol. The highest BCUT2D eigenvalue weighted by Crippen LogP contribution is 2.06. The van der Waals surface area contributed by atoms with Crippen molar-refractivity contribution in [3.05, 3.63) is 24.2 Å². The number of aromatic amines is 1. The Morgan fingerprint density at radius 1 is 1.40 bits per heavy atom. The Morgan fingerprint density at radius 2 is 2.30 bits per heavy atom. The largest absolute Gasteiger partial charge is 0.343 e. The second-order valence-electron chi connectivity index (χ2n) is 2.29. The van der Waals surface area contributed by atoms with E-state index in [1.54, 1.807) is 6.33 Å². The summed E-state index contributed by atoms with van der Waals surface area (Å²) < 4.78 is 0. The number of nitrogens with one attached hydrogen (secondary N) is 1. The Balaban J connectivity index is 2.86. The molecule has 0 atom stereocenters. The topological polar surface area (TPSA) is 41.6 Å². The van der Waals surface area contributed by atoms with Crippen molar-refractivity contribution in [1.29, 1.82) is 0 Å². The first-order valence-electron chi connectivity index (χ1n) is 3.12. The zero-order valence-electron chi connectivity index (χ0n) is 5.63. The van der Waals surface area contributed by atoms with E-state index >= 15 is 0 Å². The number of nitrogens with zero attached hydrogens (tertiary/aromatic N) is 2. The van der Waals surface area contributed by atoms with Gasteiger partial charge in [-0.3, -0.25) is 0 Å². The first-order chi connectivity index (χ1) is 4.86. The summed E-state index contributed by atoms with van der Waals surface area (Å²) in [7, 11) is 0. The van der Waals surface area contributed by atoms with E-state index in [-0.39, 0.29) is 0 Å². The standard InChI is InChI=1S/C7H7N3/c1-5-2-6-7(8-3-5)10-4-9-6/h2-4H,1H3,(H,8,9,10).